The van der Waals surface area contributed by atoms with Crippen LogP contribution in [-0.4, -0.2) is 10.6 Å². The summed E-state index contributed by atoms with van der Waals surface area (Å²) in [7, 11) is 0. The van der Waals surface area contributed by atoms with Gasteiger partial charge in [-0.05, 0) is 17.7 Å². The number of hydrogen-bond donors (Lipinski definition) is 1. The van der Waals surface area contributed by atoms with Gasteiger partial charge in [-0.2, -0.15) is 5.26 Å². The van der Waals surface area contributed by atoms with E-state index < -0.39 is 0 Å². The van der Waals surface area contributed by atoms with Crippen molar-refractivity contribution >= 4 is 10.9 Å². The van der Waals surface area contributed by atoms with Crippen LogP contribution in [0.3, 0.4) is 0 Å². The SMILES string of the molecule is CC(C)NCc1cccc2c1ccn2CC#N. The zero-order valence-electron chi connectivity index (χ0n) is 10.3. The molecule has 0 unspecified atom stereocenters. The molecule has 1 N–H and O–H groups in total. The van der Waals surface area contributed by atoms with Crippen LogP contribution in [-0.2, 0) is 13.1 Å². The van der Waals surface area contributed by atoms with E-state index in [-0.39, 0.29) is 0 Å². The fraction of sp³-hybridized carbons (Fsp3) is 0.357. The Bertz CT molecular complexity index is 546. The van der Waals surface area contributed by atoms with Crippen LogP contribution in [0.2, 0.25) is 0 Å². The monoisotopic (exact) mass is 227 g/mol. The smallest absolute Gasteiger partial charge is 0.110 e. The first kappa shape index (κ1) is 11.7. The lowest BCUT2D eigenvalue weighted by atomic mass is 10.1. The van der Waals surface area contributed by atoms with Gasteiger partial charge in [-0.3, -0.25) is 0 Å². The van der Waals surface area contributed by atoms with Gasteiger partial charge in [0, 0.05) is 29.7 Å². The molecule has 3 nitrogen and oxygen atoms in total. The highest BCUT2D eigenvalue weighted by atomic mass is 14.9. The summed E-state index contributed by atoms with van der Waals surface area (Å²) in [4.78, 5) is 0. The molecule has 0 saturated carbocycles. The first-order valence-electron chi connectivity index (χ1n) is 5.89. The molecular weight excluding hydrogens is 210 g/mol. The summed E-state index contributed by atoms with van der Waals surface area (Å²) >= 11 is 0. The Kier molecular flexibility index (Phi) is 3.46. The van der Waals surface area contributed by atoms with Crippen molar-refractivity contribution in [2.75, 3.05) is 0 Å². The molecule has 0 aliphatic rings. The summed E-state index contributed by atoms with van der Waals surface area (Å²) in [5.41, 5.74) is 2.42. The van der Waals surface area contributed by atoms with Crippen LogP contribution < -0.4 is 5.32 Å². The maximum absolute atomic E-state index is 8.76. The van der Waals surface area contributed by atoms with E-state index in [1.807, 2.05) is 16.8 Å². The lowest BCUT2D eigenvalue weighted by molar-refractivity contribution is 0.590. The Morgan fingerprint density at radius 2 is 2.18 bits per heavy atom. The highest BCUT2D eigenvalue weighted by Crippen LogP contribution is 2.20. The average molecular weight is 227 g/mol. The van der Waals surface area contributed by atoms with E-state index in [2.05, 4.69) is 43.4 Å². The van der Waals surface area contributed by atoms with Crippen molar-refractivity contribution in [1.29, 1.82) is 5.26 Å². The third-order valence-corrected chi connectivity index (χ3v) is 2.85. The topological polar surface area (TPSA) is 40.8 Å². The number of hydrogen-bond acceptors (Lipinski definition) is 2. The second kappa shape index (κ2) is 5.03. The molecule has 0 bridgehead atoms. The Hall–Kier alpha value is -1.79. The number of fused-ring (bicyclic) bond motifs is 1. The lowest BCUT2D eigenvalue weighted by Crippen LogP contribution is -2.21. The molecule has 0 fully saturated rings. The second-order valence-electron chi connectivity index (χ2n) is 4.49. The van der Waals surface area contributed by atoms with Gasteiger partial charge >= 0.3 is 0 Å². The first-order chi connectivity index (χ1) is 8.22. The molecule has 17 heavy (non-hydrogen) atoms. The number of rotatable bonds is 4. The van der Waals surface area contributed by atoms with E-state index >= 15 is 0 Å². The zero-order chi connectivity index (χ0) is 12.3. The van der Waals surface area contributed by atoms with Crippen LogP contribution in [0.1, 0.15) is 19.4 Å². The summed E-state index contributed by atoms with van der Waals surface area (Å²) in [6.07, 6.45) is 1.98. The number of nitriles is 1. The minimum atomic E-state index is 0.407. The molecule has 1 aromatic heterocycles. The maximum atomic E-state index is 8.76. The lowest BCUT2D eigenvalue weighted by Gasteiger charge is -2.09. The summed E-state index contributed by atoms with van der Waals surface area (Å²) in [5.74, 6) is 0. The molecule has 3 heteroatoms. The van der Waals surface area contributed by atoms with Crippen LogP contribution in [0.4, 0.5) is 0 Å². The van der Waals surface area contributed by atoms with Crippen LogP contribution in [0.15, 0.2) is 30.5 Å². The molecule has 0 spiro atoms. The van der Waals surface area contributed by atoms with Crippen molar-refractivity contribution in [3.63, 3.8) is 0 Å². The summed E-state index contributed by atoms with van der Waals surface area (Å²) in [5, 5.41) is 13.4. The van der Waals surface area contributed by atoms with Crippen LogP contribution >= 0.6 is 0 Å². The Labute approximate surface area is 102 Å². The maximum Gasteiger partial charge on any atom is 0.110 e. The highest BCUT2D eigenvalue weighted by molar-refractivity contribution is 5.83. The normalized spacial score (nSPS) is 10.9. The quantitative estimate of drug-likeness (QED) is 0.872. The van der Waals surface area contributed by atoms with Gasteiger partial charge in [-0.1, -0.05) is 26.0 Å². The van der Waals surface area contributed by atoms with Crippen molar-refractivity contribution in [1.82, 2.24) is 9.88 Å². The summed E-state index contributed by atoms with van der Waals surface area (Å²) in [6.45, 7) is 5.55. The summed E-state index contributed by atoms with van der Waals surface area (Å²) < 4.78 is 1.98. The van der Waals surface area contributed by atoms with Gasteiger partial charge in [-0.15, -0.1) is 0 Å². The first-order valence-corrected chi connectivity index (χ1v) is 5.89. The molecule has 88 valence electrons. The van der Waals surface area contributed by atoms with Crippen molar-refractivity contribution in [3.8, 4) is 6.07 Å². The molecule has 0 aliphatic heterocycles. The molecule has 2 aromatic rings. The van der Waals surface area contributed by atoms with E-state index in [0.717, 1.165) is 12.1 Å². The van der Waals surface area contributed by atoms with E-state index in [4.69, 9.17) is 5.26 Å². The minimum Gasteiger partial charge on any atom is -0.334 e. The molecule has 2 rings (SSSR count). The largest absolute Gasteiger partial charge is 0.334 e. The Balaban J connectivity index is 2.35. The van der Waals surface area contributed by atoms with Gasteiger partial charge in [0.15, 0.2) is 0 Å². The van der Waals surface area contributed by atoms with Crippen LogP contribution in [0, 0.1) is 11.3 Å². The number of benzene rings is 1. The van der Waals surface area contributed by atoms with Gasteiger partial charge in [-0.25, -0.2) is 0 Å². The number of aromatic nitrogens is 1. The van der Waals surface area contributed by atoms with E-state index in [9.17, 15) is 0 Å². The van der Waals surface area contributed by atoms with Gasteiger partial charge in [0.2, 0.25) is 0 Å². The minimum absolute atomic E-state index is 0.407. The van der Waals surface area contributed by atoms with Crippen molar-refractivity contribution in [2.24, 2.45) is 0 Å². The van der Waals surface area contributed by atoms with Crippen molar-refractivity contribution in [3.05, 3.63) is 36.0 Å². The summed E-state index contributed by atoms with van der Waals surface area (Å²) in [6, 6.07) is 11.0. The number of nitrogens with zero attached hydrogens (tertiary/aromatic N) is 2. The molecule has 1 heterocycles. The molecule has 0 amide bonds. The van der Waals surface area contributed by atoms with E-state index in [1.54, 1.807) is 0 Å². The molecule has 0 aliphatic carbocycles. The third-order valence-electron chi connectivity index (χ3n) is 2.85. The van der Waals surface area contributed by atoms with Crippen LogP contribution in [0.5, 0.6) is 0 Å². The van der Waals surface area contributed by atoms with Gasteiger partial charge < -0.3 is 9.88 Å². The zero-order valence-corrected chi connectivity index (χ0v) is 10.3. The molecule has 0 saturated heterocycles. The van der Waals surface area contributed by atoms with Crippen molar-refractivity contribution < 1.29 is 0 Å². The molecule has 0 radical (unpaired) electrons. The van der Waals surface area contributed by atoms with Crippen LogP contribution in [0.25, 0.3) is 10.9 Å². The average Bonchev–Trinajstić information content (AvgIpc) is 2.71. The third kappa shape index (κ3) is 2.48. The van der Waals surface area contributed by atoms with Crippen molar-refractivity contribution in [2.45, 2.75) is 33.0 Å². The van der Waals surface area contributed by atoms with E-state index in [1.165, 1.54) is 10.9 Å². The highest BCUT2D eigenvalue weighted by Gasteiger charge is 2.05. The molecule has 0 atom stereocenters. The van der Waals surface area contributed by atoms with Gasteiger partial charge in [0.1, 0.15) is 6.54 Å². The molecular formula is C14H17N3. The van der Waals surface area contributed by atoms with E-state index in [0.29, 0.717) is 12.6 Å². The molecule has 1 aromatic carbocycles. The Morgan fingerprint density at radius 3 is 2.88 bits per heavy atom. The number of nitrogens with one attached hydrogen (secondary N) is 1. The Morgan fingerprint density at radius 1 is 1.35 bits per heavy atom. The second-order valence-corrected chi connectivity index (χ2v) is 4.49. The predicted octanol–water partition coefficient (Wildman–Crippen LogP) is 2.66. The predicted molar refractivity (Wildman–Crippen MR) is 69.5 cm³/mol. The van der Waals surface area contributed by atoms with Gasteiger partial charge in [0.05, 0.1) is 6.07 Å². The fourth-order valence-corrected chi connectivity index (χ4v) is 1.97. The van der Waals surface area contributed by atoms with Gasteiger partial charge in [0.25, 0.3) is 0 Å². The standard InChI is InChI=1S/C14H17N3/c1-11(2)16-10-12-4-3-5-14-13(12)6-8-17(14)9-7-15/h3-6,8,11,16H,9-10H2,1-2H3. The fourth-order valence-electron chi connectivity index (χ4n) is 1.97.